The highest BCUT2D eigenvalue weighted by Gasteiger charge is 2.21. The summed E-state index contributed by atoms with van der Waals surface area (Å²) in [6.45, 7) is 0.947. The molecule has 1 atom stereocenters. The normalized spacial score (nSPS) is 25.9. The molecule has 2 fully saturated rings. The van der Waals surface area contributed by atoms with E-state index in [1.807, 2.05) is 29.7 Å². The number of rotatable bonds is 4. The van der Waals surface area contributed by atoms with Crippen LogP contribution in [0.4, 0.5) is 0 Å². The van der Waals surface area contributed by atoms with Crippen LogP contribution in [0.15, 0.2) is 6.20 Å². The average molecular weight is 255 g/mol. The molecule has 1 aliphatic heterocycles. The van der Waals surface area contributed by atoms with Crippen LogP contribution >= 0.6 is 23.5 Å². The molecule has 1 aromatic rings. The summed E-state index contributed by atoms with van der Waals surface area (Å²) in [4.78, 5) is 7.97. The lowest BCUT2D eigenvalue weighted by molar-refractivity contribution is 0.675. The summed E-state index contributed by atoms with van der Waals surface area (Å²) in [5.41, 5.74) is 1.23. The molecule has 0 bridgehead atoms. The van der Waals surface area contributed by atoms with Crippen molar-refractivity contribution >= 4 is 23.5 Å². The summed E-state index contributed by atoms with van der Waals surface area (Å²) in [6, 6.07) is 0.770. The zero-order chi connectivity index (χ0) is 10.8. The highest BCUT2D eigenvalue weighted by atomic mass is 32.2. The Morgan fingerprint density at radius 1 is 1.44 bits per heavy atom. The van der Waals surface area contributed by atoms with Crippen molar-refractivity contribution in [2.75, 3.05) is 17.3 Å². The predicted molar refractivity (Wildman–Crippen MR) is 71.0 cm³/mol. The van der Waals surface area contributed by atoms with Crippen LogP contribution in [0.5, 0.6) is 0 Å². The summed E-state index contributed by atoms with van der Waals surface area (Å²) in [7, 11) is 0. The summed E-state index contributed by atoms with van der Waals surface area (Å²) in [5.74, 6) is 4.92. The number of imidazole rings is 1. The Morgan fingerprint density at radius 2 is 2.38 bits per heavy atom. The van der Waals surface area contributed by atoms with E-state index in [4.69, 9.17) is 0 Å². The van der Waals surface area contributed by atoms with Crippen LogP contribution < -0.4 is 5.32 Å². The van der Waals surface area contributed by atoms with Gasteiger partial charge in [-0.15, -0.1) is 11.8 Å². The van der Waals surface area contributed by atoms with E-state index in [1.165, 1.54) is 41.6 Å². The van der Waals surface area contributed by atoms with Crippen LogP contribution in [-0.2, 0) is 6.54 Å². The van der Waals surface area contributed by atoms with Crippen molar-refractivity contribution in [3.63, 3.8) is 0 Å². The molecule has 5 heteroatoms. The van der Waals surface area contributed by atoms with E-state index in [2.05, 4.69) is 15.3 Å². The largest absolute Gasteiger partial charge is 0.344 e. The smallest absolute Gasteiger partial charge is 0.120 e. The molecule has 1 aliphatic carbocycles. The van der Waals surface area contributed by atoms with Gasteiger partial charge < -0.3 is 10.3 Å². The number of aromatic nitrogens is 2. The topological polar surface area (TPSA) is 40.7 Å². The third-order valence-corrected chi connectivity index (χ3v) is 5.69. The van der Waals surface area contributed by atoms with E-state index in [-0.39, 0.29) is 0 Å². The minimum absolute atomic E-state index is 0.577. The van der Waals surface area contributed by atoms with E-state index in [0.29, 0.717) is 5.25 Å². The minimum Gasteiger partial charge on any atom is -0.344 e. The first-order valence-corrected chi connectivity index (χ1v) is 8.08. The summed E-state index contributed by atoms with van der Waals surface area (Å²) >= 11 is 4.07. The summed E-state index contributed by atoms with van der Waals surface area (Å²) < 4.78 is 0. The van der Waals surface area contributed by atoms with Gasteiger partial charge in [0.05, 0.1) is 5.25 Å². The fraction of sp³-hybridized carbons (Fsp3) is 0.727. The highest BCUT2D eigenvalue weighted by Crippen LogP contribution is 2.35. The van der Waals surface area contributed by atoms with Gasteiger partial charge in [-0.2, -0.15) is 11.8 Å². The molecule has 3 rings (SSSR count). The molecule has 2 heterocycles. The molecular formula is C11H17N3S2. The van der Waals surface area contributed by atoms with Gasteiger partial charge in [0, 0.05) is 41.7 Å². The number of nitrogens with zero attached hydrogens (tertiary/aromatic N) is 1. The van der Waals surface area contributed by atoms with Crippen molar-refractivity contribution in [1.29, 1.82) is 0 Å². The molecule has 0 radical (unpaired) electrons. The Labute approximate surface area is 105 Å². The SMILES string of the molecule is c1nc(C2CSCCS2)[nH]c1CNC1CC1. The standard InChI is InChI=1S/C11H17N3S2/c1-2-8(1)12-5-9-6-13-11(14-9)10-7-15-3-4-16-10/h6,8,10,12H,1-5,7H2,(H,13,14). The Balaban J connectivity index is 1.57. The van der Waals surface area contributed by atoms with Gasteiger partial charge in [0.2, 0.25) is 0 Å². The third kappa shape index (κ3) is 2.76. The van der Waals surface area contributed by atoms with E-state index < -0.39 is 0 Å². The second-order valence-corrected chi connectivity index (χ2v) is 6.84. The maximum Gasteiger partial charge on any atom is 0.120 e. The zero-order valence-electron chi connectivity index (χ0n) is 9.24. The average Bonchev–Trinajstić information content (AvgIpc) is 3.05. The van der Waals surface area contributed by atoms with Crippen molar-refractivity contribution in [3.8, 4) is 0 Å². The van der Waals surface area contributed by atoms with Crippen LogP contribution in [0.25, 0.3) is 0 Å². The van der Waals surface area contributed by atoms with Crippen LogP contribution in [-0.4, -0.2) is 33.3 Å². The third-order valence-electron chi connectivity index (χ3n) is 2.93. The fourth-order valence-electron chi connectivity index (χ4n) is 1.82. The monoisotopic (exact) mass is 255 g/mol. The second kappa shape index (κ2) is 5.02. The van der Waals surface area contributed by atoms with Crippen LogP contribution in [0, 0.1) is 0 Å². The molecule has 0 aromatic carbocycles. The van der Waals surface area contributed by atoms with Gasteiger partial charge in [-0.05, 0) is 12.8 Å². The Bertz CT molecular complexity index is 343. The van der Waals surface area contributed by atoms with Crippen molar-refractivity contribution in [3.05, 3.63) is 17.7 Å². The van der Waals surface area contributed by atoms with Crippen LogP contribution in [0.3, 0.4) is 0 Å². The van der Waals surface area contributed by atoms with Crippen LogP contribution in [0.2, 0.25) is 0 Å². The molecule has 0 amide bonds. The number of nitrogens with one attached hydrogen (secondary N) is 2. The van der Waals surface area contributed by atoms with Crippen molar-refractivity contribution in [1.82, 2.24) is 15.3 Å². The second-order valence-electron chi connectivity index (χ2n) is 4.38. The van der Waals surface area contributed by atoms with Gasteiger partial charge in [0.15, 0.2) is 0 Å². The molecule has 1 unspecified atom stereocenters. The van der Waals surface area contributed by atoms with Crippen molar-refractivity contribution < 1.29 is 0 Å². The number of hydrogen-bond donors (Lipinski definition) is 2. The first kappa shape index (κ1) is 11.0. The van der Waals surface area contributed by atoms with Gasteiger partial charge in [0.1, 0.15) is 5.82 Å². The molecule has 1 saturated carbocycles. The van der Waals surface area contributed by atoms with E-state index in [1.54, 1.807) is 0 Å². The van der Waals surface area contributed by atoms with E-state index in [9.17, 15) is 0 Å². The molecular weight excluding hydrogens is 238 g/mol. The predicted octanol–water partition coefficient (Wildman–Crippen LogP) is 2.18. The summed E-state index contributed by atoms with van der Waals surface area (Å²) in [5, 5.41) is 4.08. The zero-order valence-corrected chi connectivity index (χ0v) is 10.9. The molecule has 16 heavy (non-hydrogen) atoms. The van der Waals surface area contributed by atoms with Crippen molar-refractivity contribution in [2.45, 2.75) is 30.7 Å². The lowest BCUT2D eigenvalue weighted by Crippen LogP contribution is -2.15. The Hall–Kier alpha value is -0.130. The lowest BCUT2D eigenvalue weighted by Gasteiger charge is -2.18. The molecule has 88 valence electrons. The number of H-pyrrole nitrogens is 1. The Morgan fingerprint density at radius 3 is 3.12 bits per heavy atom. The lowest BCUT2D eigenvalue weighted by atomic mass is 10.4. The molecule has 2 N–H and O–H groups in total. The van der Waals surface area contributed by atoms with Crippen LogP contribution in [0.1, 0.15) is 29.6 Å². The van der Waals surface area contributed by atoms with Gasteiger partial charge in [-0.3, -0.25) is 0 Å². The van der Waals surface area contributed by atoms with E-state index in [0.717, 1.165) is 12.6 Å². The number of aromatic amines is 1. The molecule has 1 saturated heterocycles. The quantitative estimate of drug-likeness (QED) is 0.865. The maximum atomic E-state index is 4.51. The van der Waals surface area contributed by atoms with Crippen molar-refractivity contribution in [2.24, 2.45) is 0 Å². The number of thioether (sulfide) groups is 2. The Kier molecular flexibility index (Phi) is 3.45. The highest BCUT2D eigenvalue weighted by molar-refractivity contribution is 8.06. The molecule has 2 aliphatic rings. The number of hydrogen-bond acceptors (Lipinski definition) is 4. The van der Waals surface area contributed by atoms with E-state index >= 15 is 0 Å². The maximum absolute atomic E-state index is 4.51. The molecule has 0 spiro atoms. The van der Waals surface area contributed by atoms with Gasteiger partial charge in [0.25, 0.3) is 0 Å². The summed E-state index contributed by atoms with van der Waals surface area (Å²) in [6.07, 6.45) is 4.68. The van der Waals surface area contributed by atoms with Gasteiger partial charge >= 0.3 is 0 Å². The fourth-order valence-corrected chi connectivity index (χ4v) is 4.45. The van der Waals surface area contributed by atoms with Gasteiger partial charge in [-0.25, -0.2) is 4.98 Å². The minimum atomic E-state index is 0.577. The first-order valence-electron chi connectivity index (χ1n) is 5.88. The first-order chi connectivity index (χ1) is 7.92. The molecule has 1 aromatic heterocycles. The van der Waals surface area contributed by atoms with Gasteiger partial charge in [-0.1, -0.05) is 0 Å². The molecule has 3 nitrogen and oxygen atoms in total.